The van der Waals surface area contributed by atoms with Gasteiger partial charge >= 0.3 is 0 Å². The fraction of sp³-hybridized carbons (Fsp3) is 0. The summed E-state index contributed by atoms with van der Waals surface area (Å²) in [5.74, 6) is 0. The summed E-state index contributed by atoms with van der Waals surface area (Å²) < 4.78 is 4.70. The van der Waals surface area contributed by atoms with E-state index in [-0.39, 0.29) is 0 Å². The minimum Gasteiger partial charge on any atom is -0.309 e. The minimum absolute atomic E-state index is 0.917. The smallest absolute Gasteiger partial charge is 0.165 e. The molecular formula is C32H18N4. The van der Waals surface area contributed by atoms with Gasteiger partial charge in [-0.2, -0.15) is 0 Å². The first kappa shape index (κ1) is 18.4. The van der Waals surface area contributed by atoms with E-state index >= 15 is 0 Å². The summed E-state index contributed by atoms with van der Waals surface area (Å²) in [4.78, 5) is 10.2. The van der Waals surface area contributed by atoms with Crippen molar-refractivity contribution in [1.82, 2.24) is 18.9 Å². The van der Waals surface area contributed by atoms with Gasteiger partial charge in [0.15, 0.2) is 5.65 Å². The van der Waals surface area contributed by atoms with E-state index in [0.29, 0.717) is 0 Å². The van der Waals surface area contributed by atoms with Crippen molar-refractivity contribution >= 4 is 71.2 Å². The molecule has 0 aliphatic rings. The molecule has 9 aromatic rings. The molecule has 0 radical (unpaired) electrons. The second kappa shape index (κ2) is 6.37. The van der Waals surface area contributed by atoms with Gasteiger partial charge in [0.2, 0.25) is 0 Å². The molecular weight excluding hydrogens is 440 g/mol. The topological polar surface area (TPSA) is 35.1 Å². The standard InChI is InChI=1S/C32H18N4/c1-2-9-19(10-3-1)35-25-16-7-4-11-20(25)28-26(35)17-18-27-29(28)21-12-8-13-22-30-32(36(27)31(21)22)34-24-15-6-5-14-23(24)33-30/h1-18H. The largest absolute Gasteiger partial charge is 0.309 e. The van der Waals surface area contributed by atoms with E-state index < -0.39 is 0 Å². The van der Waals surface area contributed by atoms with Crippen LogP contribution in [0, 0.1) is 0 Å². The third-order valence-corrected chi connectivity index (χ3v) is 7.62. The number of para-hydroxylation sites is 5. The Bertz CT molecular complexity index is 2310. The Morgan fingerprint density at radius 2 is 1.14 bits per heavy atom. The van der Waals surface area contributed by atoms with E-state index in [2.05, 4.69) is 93.9 Å². The van der Waals surface area contributed by atoms with Crippen LogP contribution in [0.5, 0.6) is 0 Å². The van der Waals surface area contributed by atoms with Gasteiger partial charge < -0.3 is 4.57 Å². The van der Waals surface area contributed by atoms with Crippen LogP contribution in [0.3, 0.4) is 0 Å². The normalized spacial score (nSPS) is 12.4. The Kier molecular flexibility index (Phi) is 3.25. The van der Waals surface area contributed by atoms with Crippen LogP contribution in [0.1, 0.15) is 0 Å². The maximum atomic E-state index is 5.11. The van der Waals surface area contributed by atoms with E-state index in [1.165, 1.54) is 49.3 Å². The zero-order valence-corrected chi connectivity index (χ0v) is 19.2. The molecule has 0 aliphatic carbocycles. The van der Waals surface area contributed by atoms with Gasteiger partial charge in [0, 0.05) is 32.6 Å². The number of hydrogen-bond donors (Lipinski definition) is 0. The van der Waals surface area contributed by atoms with Crippen molar-refractivity contribution in [2.45, 2.75) is 0 Å². The highest BCUT2D eigenvalue weighted by molar-refractivity contribution is 6.32. The van der Waals surface area contributed by atoms with Gasteiger partial charge in [-0.3, -0.25) is 4.40 Å². The summed E-state index contributed by atoms with van der Waals surface area (Å²) >= 11 is 0. The lowest BCUT2D eigenvalue weighted by Crippen LogP contribution is -1.93. The first-order chi connectivity index (χ1) is 17.9. The predicted molar refractivity (Wildman–Crippen MR) is 149 cm³/mol. The quantitative estimate of drug-likeness (QED) is 0.251. The number of aromatic nitrogens is 4. The molecule has 0 saturated heterocycles. The number of rotatable bonds is 1. The molecule has 36 heavy (non-hydrogen) atoms. The summed E-state index contributed by atoms with van der Waals surface area (Å²) in [6.45, 7) is 0. The van der Waals surface area contributed by atoms with Crippen LogP contribution in [0.25, 0.3) is 76.9 Å². The lowest BCUT2D eigenvalue weighted by atomic mass is 10.0. The van der Waals surface area contributed by atoms with Crippen LogP contribution in [-0.4, -0.2) is 18.9 Å². The Labute approximate surface area is 205 Å². The molecule has 4 aromatic heterocycles. The fourth-order valence-corrected chi connectivity index (χ4v) is 6.21. The van der Waals surface area contributed by atoms with Gasteiger partial charge in [-0.15, -0.1) is 0 Å². The molecule has 4 heterocycles. The predicted octanol–water partition coefficient (Wildman–Crippen LogP) is 7.88. The first-order valence-corrected chi connectivity index (χ1v) is 12.2. The van der Waals surface area contributed by atoms with Crippen molar-refractivity contribution in [3.05, 3.63) is 109 Å². The van der Waals surface area contributed by atoms with E-state index in [1.807, 2.05) is 24.3 Å². The number of fused-ring (bicyclic) bond motifs is 11. The van der Waals surface area contributed by atoms with E-state index in [4.69, 9.17) is 9.97 Å². The molecule has 0 saturated carbocycles. The summed E-state index contributed by atoms with van der Waals surface area (Å²) in [5, 5.41) is 6.21. The molecule has 0 bridgehead atoms. The van der Waals surface area contributed by atoms with E-state index in [9.17, 15) is 0 Å². The third kappa shape index (κ3) is 2.11. The molecule has 0 spiro atoms. The van der Waals surface area contributed by atoms with E-state index in [1.54, 1.807) is 0 Å². The SMILES string of the molecule is c1ccc(-n2c3ccccc3c3c4c5cccc6c7nc8ccccc8nc7n(c4ccc32)c65)cc1. The highest BCUT2D eigenvalue weighted by Gasteiger charge is 2.23. The molecule has 4 nitrogen and oxygen atoms in total. The molecule has 0 atom stereocenters. The highest BCUT2D eigenvalue weighted by Crippen LogP contribution is 2.44. The molecule has 0 N–H and O–H groups in total. The Morgan fingerprint density at radius 1 is 0.472 bits per heavy atom. The number of hydrogen-bond acceptors (Lipinski definition) is 2. The maximum Gasteiger partial charge on any atom is 0.165 e. The highest BCUT2D eigenvalue weighted by atomic mass is 15.0. The Morgan fingerprint density at radius 3 is 2.03 bits per heavy atom. The third-order valence-electron chi connectivity index (χ3n) is 7.62. The zero-order valence-electron chi connectivity index (χ0n) is 19.2. The van der Waals surface area contributed by atoms with Gasteiger partial charge in [0.1, 0.15) is 5.52 Å². The molecule has 0 unspecified atom stereocenters. The van der Waals surface area contributed by atoms with Crippen molar-refractivity contribution in [1.29, 1.82) is 0 Å². The zero-order chi connectivity index (χ0) is 23.4. The van der Waals surface area contributed by atoms with Gasteiger partial charge in [-0.1, -0.05) is 66.7 Å². The van der Waals surface area contributed by atoms with Crippen molar-refractivity contribution in [3.63, 3.8) is 0 Å². The average molecular weight is 459 g/mol. The first-order valence-electron chi connectivity index (χ1n) is 12.2. The van der Waals surface area contributed by atoms with Crippen LogP contribution in [0.2, 0.25) is 0 Å². The lowest BCUT2D eigenvalue weighted by molar-refractivity contribution is 1.18. The van der Waals surface area contributed by atoms with Crippen LogP contribution in [0.15, 0.2) is 109 Å². The van der Waals surface area contributed by atoms with Crippen LogP contribution in [0.4, 0.5) is 0 Å². The van der Waals surface area contributed by atoms with Gasteiger partial charge in [0.05, 0.1) is 33.1 Å². The van der Waals surface area contributed by atoms with Gasteiger partial charge in [-0.05, 0) is 42.5 Å². The molecule has 166 valence electrons. The summed E-state index contributed by atoms with van der Waals surface area (Å²) in [5.41, 5.74) is 9.69. The van der Waals surface area contributed by atoms with Crippen LogP contribution in [-0.2, 0) is 0 Å². The Balaban J connectivity index is 1.56. The minimum atomic E-state index is 0.917. The van der Waals surface area contributed by atoms with Crippen molar-refractivity contribution in [2.24, 2.45) is 0 Å². The van der Waals surface area contributed by atoms with Gasteiger partial charge in [-0.25, -0.2) is 9.97 Å². The second-order valence-corrected chi connectivity index (χ2v) is 9.46. The number of benzene rings is 5. The Hall–Kier alpha value is -4.96. The molecule has 5 aromatic carbocycles. The molecule has 0 fully saturated rings. The summed E-state index contributed by atoms with van der Waals surface area (Å²) in [7, 11) is 0. The molecule has 4 heteroatoms. The summed E-state index contributed by atoms with van der Waals surface area (Å²) in [6, 6.07) is 38.6. The average Bonchev–Trinajstić information content (AvgIpc) is 3.56. The lowest BCUT2D eigenvalue weighted by Gasteiger charge is -2.07. The number of nitrogens with zero attached hydrogens (tertiary/aromatic N) is 4. The molecule has 0 aliphatic heterocycles. The fourth-order valence-electron chi connectivity index (χ4n) is 6.21. The van der Waals surface area contributed by atoms with Crippen molar-refractivity contribution < 1.29 is 0 Å². The maximum absolute atomic E-state index is 5.11. The second-order valence-electron chi connectivity index (χ2n) is 9.46. The van der Waals surface area contributed by atoms with Crippen molar-refractivity contribution in [3.8, 4) is 5.69 Å². The monoisotopic (exact) mass is 458 g/mol. The molecule has 9 rings (SSSR count). The van der Waals surface area contributed by atoms with E-state index in [0.717, 1.165) is 27.6 Å². The van der Waals surface area contributed by atoms with Crippen LogP contribution < -0.4 is 0 Å². The summed E-state index contributed by atoms with van der Waals surface area (Å²) in [6.07, 6.45) is 0. The molecule has 0 amide bonds. The van der Waals surface area contributed by atoms with Crippen LogP contribution >= 0.6 is 0 Å². The van der Waals surface area contributed by atoms with Crippen molar-refractivity contribution in [2.75, 3.05) is 0 Å². The van der Waals surface area contributed by atoms with Gasteiger partial charge in [0.25, 0.3) is 0 Å².